The van der Waals surface area contributed by atoms with Crippen LogP contribution in [0, 0.1) is 5.77 Å². The molecule has 0 saturated heterocycles. The molecule has 0 atom stereocenters. The van der Waals surface area contributed by atoms with Gasteiger partial charge in [0.15, 0.2) is 22.3 Å². The van der Waals surface area contributed by atoms with Gasteiger partial charge in [0, 0.05) is 12.1 Å². The first-order valence-electron chi connectivity index (χ1n) is 19.2. The molecule has 2 heterocycles. The van der Waals surface area contributed by atoms with Gasteiger partial charge in [0.25, 0.3) is 5.77 Å². The molecule has 0 aliphatic carbocycles. The van der Waals surface area contributed by atoms with Crippen LogP contribution >= 0.6 is 45.9 Å². The number of hydrogen-bond donors (Lipinski definition) is 0. The maximum absolute atomic E-state index is 14.2. The van der Waals surface area contributed by atoms with Crippen molar-refractivity contribution in [3.05, 3.63) is 147 Å². The second-order valence-electron chi connectivity index (χ2n) is 14.9. The smallest absolute Gasteiger partial charge is 0.416 e. The van der Waals surface area contributed by atoms with Crippen molar-refractivity contribution in [2.75, 3.05) is 12.1 Å². The summed E-state index contributed by atoms with van der Waals surface area (Å²) in [7, 11) is 0. The van der Waals surface area contributed by atoms with Gasteiger partial charge >= 0.3 is 70.6 Å². The second-order valence-corrected chi connectivity index (χ2v) is 21.8. The first kappa shape index (κ1) is 60.4. The van der Waals surface area contributed by atoms with Crippen molar-refractivity contribution in [2.24, 2.45) is 0 Å². The molecular weight excluding hydrogens is 1270 g/mol. The molecule has 74 heavy (non-hydrogen) atoms. The van der Waals surface area contributed by atoms with E-state index in [0.29, 0.717) is 0 Å². The van der Waals surface area contributed by atoms with E-state index in [1.165, 1.54) is 5.77 Å². The highest BCUT2D eigenvalue weighted by molar-refractivity contribution is 7.20. The standard InChI is InChI=1S/C32H12BF24.C10H8Cl2IO2S2/c34-25(35,36)13-1-14(26(37,38)39)6-21(5-13)33(22-7-15(27(40,41)42)2-16(8-22)28(43,44)45,23-9-17(29(46,47)48)3-18(10-23)30(49,50)51)24-11-19(31(52,53)54)4-20(12-24)32(55,56)57;11-5-14-9-3-1-7(16-9)13-8-2-4-10(17-8)15-6-12/h1-12H;1-4H,5-6H2/q-1;+1. The van der Waals surface area contributed by atoms with E-state index in [4.69, 9.17) is 32.7 Å². The van der Waals surface area contributed by atoms with Gasteiger partial charge in [-0.3, -0.25) is 0 Å². The Bertz CT molecular complexity index is 2450. The highest BCUT2D eigenvalue weighted by Crippen LogP contribution is 2.41. The SMILES string of the molecule is ClCOc1ccc([I+]c2ccc(OCCl)s2)s1.FC(F)(F)c1cc([B-](c2cc(C(F)(F)F)cc(C(F)(F)F)c2)(c2cc(C(F)(F)F)cc(C(F)(F)F)c2)c2cc(C(F)(F)F)cc(C(F)(F)F)c2)cc(C(F)(F)F)c1. The predicted octanol–water partition coefficient (Wildman–Crippen LogP) is 12.3. The maximum Gasteiger partial charge on any atom is 0.416 e. The Hall–Kier alpha value is -4.43. The fourth-order valence-corrected chi connectivity index (χ4v) is 13.4. The fraction of sp³-hybridized carbons (Fsp3) is 0.238. The van der Waals surface area contributed by atoms with E-state index >= 15 is 0 Å². The lowest BCUT2D eigenvalue weighted by Gasteiger charge is -2.46. The molecule has 404 valence electrons. The van der Waals surface area contributed by atoms with Gasteiger partial charge in [0.1, 0.15) is 6.15 Å². The van der Waals surface area contributed by atoms with Crippen molar-refractivity contribution >= 4 is 73.9 Å². The molecule has 0 radical (unpaired) electrons. The van der Waals surface area contributed by atoms with Crippen LogP contribution in [0.1, 0.15) is 44.5 Å². The highest BCUT2D eigenvalue weighted by atomic mass is 127. The summed E-state index contributed by atoms with van der Waals surface area (Å²) in [6.07, 6.45) is -54.8. The molecule has 0 aliphatic rings. The lowest BCUT2D eigenvalue weighted by molar-refractivity contribution is -0.585. The van der Waals surface area contributed by atoms with Crippen LogP contribution in [0.4, 0.5) is 105 Å². The van der Waals surface area contributed by atoms with Gasteiger partial charge in [0.2, 0.25) is 0 Å². The summed E-state index contributed by atoms with van der Waals surface area (Å²) in [6.45, 7) is 0. The molecule has 2 nitrogen and oxygen atoms in total. The molecule has 0 N–H and O–H groups in total. The van der Waals surface area contributed by atoms with Crippen molar-refractivity contribution in [1.29, 1.82) is 0 Å². The third-order valence-electron chi connectivity index (χ3n) is 10.1. The van der Waals surface area contributed by atoms with Crippen LogP contribution in [-0.2, 0) is 49.4 Å². The van der Waals surface area contributed by atoms with Crippen LogP contribution in [0.5, 0.6) is 10.1 Å². The van der Waals surface area contributed by atoms with E-state index in [9.17, 15) is 105 Å². The van der Waals surface area contributed by atoms with E-state index in [0.717, 1.165) is 10.1 Å². The minimum Gasteiger partial charge on any atom is -0.468 e. The third kappa shape index (κ3) is 14.5. The summed E-state index contributed by atoms with van der Waals surface area (Å²) in [6, 6.07) is -0.286. The van der Waals surface area contributed by atoms with E-state index in [1.807, 2.05) is 12.1 Å². The van der Waals surface area contributed by atoms with Crippen LogP contribution in [-0.4, -0.2) is 18.3 Å². The molecule has 0 aliphatic heterocycles. The molecule has 6 rings (SSSR count). The monoisotopic (exact) mass is 1280 g/mol. The lowest BCUT2D eigenvalue weighted by atomic mass is 9.12. The first-order chi connectivity index (χ1) is 33.6. The average molecular weight is 1290 g/mol. The highest BCUT2D eigenvalue weighted by Gasteiger charge is 2.47. The second kappa shape index (κ2) is 21.5. The van der Waals surface area contributed by atoms with Crippen LogP contribution in [0.2, 0.25) is 0 Å². The third-order valence-corrected chi connectivity index (χ3v) is 16.0. The number of ether oxygens (including phenoxy) is 2. The van der Waals surface area contributed by atoms with Crippen LogP contribution in [0.25, 0.3) is 0 Å². The zero-order chi connectivity index (χ0) is 56.0. The summed E-state index contributed by atoms with van der Waals surface area (Å²) < 4.78 is 354. The van der Waals surface area contributed by atoms with Gasteiger partial charge in [-0.25, -0.2) is 0 Å². The molecule has 0 saturated carbocycles. The molecular formula is C42H20BCl2F24IO2S2. The van der Waals surface area contributed by atoms with Gasteiger partial charge in [-0.2, -0.15) is 127 Å². The van der Waals surface area contributed by atoms with Crippen molar-refractivity contribution in [3.8, 4) is 10.1 Å². The largest absolute Gasteiger partial charge is 0.468 e. The molecule has 0 bridgehead atoms. The van der Waals surface area contributed by atoms with Gasteiger partial charge in [0.05, 0.1) is 44.5 Å². The zero-order valence-corrected chi connectivity index (χ0v) is 40.4. The molecule has 2 aromatic heterocycles. The van der Waals surface area contributed by atoms with Crippen LogP contribution < -0.4 is 52.5 Å². The molecule has 0 unspecified atom stereocenters. The minimum absolute atomic E-state index is 0.162. The molecule has 0 spiro atoms. The van der Waals surface area contributed by atoms with Gasteiger partial charge in [-0.1, -0.05) is 94.4 Å². The normalized spacial score (nSPS) is 13.4. The van der Waals surface area contributed by atoms with Gasteiger partial charge in [-0.15, -0.1) is 0 Å². The lowest BCUT2D eigenvalue weighted by Crippen LogP contribution is -3.61. The Balaban J connectivity index is 0.000000500. The zero-order valence-electron chi connectivity index (χ0n) is 35.1. The van der Waals surface area contributed by atoms with Crippen molar-refractivity contribution in [1.82, 2.24) is 0 Å². The summed E-state index contributed by atoms with van der Waals surface area (Å²) in [5.74, 6) is 0. The van der Waals surface area contributed by atoms with Crippen LogP contribution in [0.15, 0.2) is 97.1 Å². The van der Waals surface area contributed by atoms with E-state index in [-0.39, 0.29) is 33.3 Å². The van der Waals surface area contributed by atoms with Crippen molar-refractivity contribution < 1.29 is 136 Å². The first-order valence-corrected chi connectivity index (χ1v) is 24.0. The number of rotatable bonds is 10. The van der Waals surface area contributed by atoms with Crippen LogP contribution in [0.3, 0.4) is 0 Å². The predicted molar refractivity (Wildman–Crippen MR) is 219 cm³/mol. The van der Waals surface area contributed by atoms with E-state index < -0.39 is 195 Å². The molecule has 0 fully saturated rings. The summed E-state index contributed by atoms with van der Waals surface area (Å²) >= 11 is 14.2. The van der Waals surface area contributed by atoms with Crippen molar-refractivity contribution in [3.63, 3.8) is 0 Å². The molecule has 6 aromatic rings. The van der Waals surface area contributed by atoms with Crippen molar-refractivity contribution in [2.45, 2.75) is 49.4 Å². The number of thiophene rings is 2. The minimum atomic E-state index is -6.13. The number of alkyl halides is 26. The summed E-state index contributed by atoms with van der Waals surface area (Å²) in [4.78, 5) is 0. The Kier molecular flexibility index (Phi) is 17.6. The number of hydrogen-bond acceptors (Lipinski definition) is 4. The molecule has 0 amide bonds. The number of benzene rings is 4. The average Bonchev–Trinajstić information content (AvgIpc) is 3.90. The Morgan fingerprint density at radius 2 is 0.514 bits per heavy atom. The van der Waals surface area contributed by atoms with E-state index in [1.54, 1.807) is 22.7 Å². The Labute approximate surface area is 427 Å². The number of halogens is 27. The van der Waals surface area contributed by atoms with Gasteiger partial charge in [-0.05, 0) is 36.4 Å². The quantitative estimate of drug-likeness (QED) is 0.0589. The Morgan fingerprint density at radius 1 is 0.324 bits per heavy atom. The molecule has 4 aromatic carbocycles. The Morgan fingerprint density at radius 3 is 0.676 bits per heavy atom. The topological polar surface area (TPSA) is 18.5 Å². The maximum atomic E-state index is 14.2. The summed E-state index contributed by atoms with van der Waals surface area (Å²) in [5, 5.41) is 1.76. The van der Waals surface area contributed by atoms with Gasteiger partial charge < -0.3 is 9.47 Å². The molecule has 32 heteroatoms. The summed E-state index contributed by atoms with van der Waals surface area (Å²) in [5.41, 5.74) is -30.2. The fourth-order valence-electron chi connectivity index (χ4n) is 7.12. The van der Waals surface area contributed by atoms with E-state index in [2.05, 4.69) is 12.1 Å².